The van der Waals surface area contributed by atoms with E-state index >= 15 is 0 Å². The first kappa shape index (κ1) is 16.7. The van der Waals surface area contributed by atoms with Crippen molar-refractivity contribution in [3.8, 4) is 5.75 Å². The number of likely N-dealkylation sites (tertiary alicyclic amines) is 1. The molecular formula is C21H25NO2. The molecule has 0 bridgehead atoms. The monoisotopic (exact) mass is 323 g/mol. The van der Waals surface area contributed by atoms with Crippen LogP contribution in [-0.2, 0) is 6.61 Å². The number of aryl methyl sites for hydroxylation is 2. The summed E-state index contributed by atoms with van der Waals surface area (Å²) in [5.41, 5.74) is 4.21. The predicted molar refractivity (Wildman–Crippen MR) is 96.7 cm³/mol. The van der Waals surface area contributed by atoms with E-state index in [-0.39, 0.29) is 5.78 Å². The van der Waals surface area contributed by atoms with Gasteiger partial charge in [0.2, 0.25) is 0 Å². The van der Waals surface area contributed by atoms with E-state index in [9.17, 15) is 4.79 Å². The van der Waals surface area contributed by atoms with Gasteiger partial charge in [-0.1, -0.05) is 24.3 Å². The van der Waals surface area contributed by atoms with Crippen LogP contribution in [0.25, 0.3) is 0 Å². The standard InChI is InChI=1S/C21H25NO2/c1-16-7-3-4-8-19(16)15-24-21-10-9-18(13-17(21)2)20(23)14-22-11-5-6-12-22/h3-4,7-10,13H,5-6,11-12,14-15H2,1-2H3. The summed E-state index contributed by atoms with van der Waals surface area (Å²) in [5.74, 6) is 1.04. The van der Waals surface area contributed by atoms with Crippen molar-refractivity contribution >= 4 is 5.78 Å². The Morgan fingerprint density at radius 3 is 2.50 bits per heavy atom. The van der Waals surface area contributed by atoms with Gasteiger partial charge in [-0.3, -0.25) is 9.69 Å². The number of rotatable bonds is 6. The summed E-state index contributed by atoms with van der Waals surface area (Å²) in [5, 5.41) is 0. The van der Waals surface area contributed by atoms with E-state index in [1.807, 2.05) is 37.3 Å². The Labute approximate surface area is 144 Å². The number of carbonyl (C=O) groups is 1. The fraction of sp³-hybridized carbons (Fsp3) is 0.381. The van der Waals surface area contributed by atoms with Gasteiger partial charge in [-0.15, -0.1) is 0 Å². The van der Waals surface area contributed by atoms with Gasteiger partial charge in [0.15, 0.2) is 5.78 Å². The lowest BCUT2D eigenvalue weighted by atomic mass is 10.1. The zero-order valence-corrected chi connectivity index (χ0v) is 14.5. The quantitative estimate of drug-likeness (QED) is 0.748. The Kier molecular flexibility index (Phi) is 5.31. The van der Waals surface area contributed by atoms with Crippen molar-refractivity contribution in [2.45, 2.75) is 33.3 Å². The minimum absolute atomic E-state index is 0.199. The molecule has 0 N–H and O–H groups in total. The third-order valence-corrected chi connectivity index (χ3v) is 4.71. The number of benzene rings is 2. The van der Waals surface area contributed by atoms with E-state index in [2.05, 4.69) is 24.0 Å². The number of Topliss-reactive ketones (excluding diaryl/α,β-unsaturated/α-hetero) is 1. The predicted octanol–water partition coefficient (Wildman–Crippen LogP) is 4.16. The molecule has 3 heteroatoms. The molecule has 2 aromatic carbocycles. The van der Waals surface area contributed by atoms with Crippen molar-refractivity contribution in [2.75, 3.05) is 19.6 Å². The molecule has 3 nitrogen and oxygen atoms in total. The molecule has 0 unspecified atom stereocenters. The van der Waals surface area contributed by atoms with E-state index in [0.717, 1.165) is 30.0 Å². The number of nitrogens with zero attached hydrogens (tertiary/aromatic N) is 1. The van der Waals surface area contributed by atoms with Gasteiger partial charge >= 0.3 is 0 Å². The smallest absolute Gasteiger partial charge is 0.176 e. The average molecular weight is 323 g/mol. The first-order chi connectivity index (χ1) is 11.6. The zero-order chi connectivity index (χ0) is 16.9. The Morgan fingerprint density at radius 2 is 1.79 bits per heavy atom. The van der Waals surface area contributed by atoms with Crippen molar-refractivity contribution in [3.63, 3.8) is 0 Å². The van der Waals surface area contributed by atoms with Crippen LogP contribution >= 0.6 is 0 Å². The Morgan fingerprint density at radius 1 is 1.04 bits per heavy atom. The second-order valence-electron chi connectivity index (χ2n) is 6.60. The van der Waals surface area contributed by atoms with E-state index in [0.29, 0.717) is 13.2 Å². The van der Waals surface area contributed by atoms with Crippen molar-refractivity contribution in [1.82, 2.24) is 4.90 Å². The lowest BCUT2D eigenvalue weighted by Crippen LogP contribution is -2.26. The number of hydrogen-bond acceptors (Lipinski definition) is 3. The van der Waals surface area contributed by atoms with Crippen LogP contribution in [-0.4, -0.2) is 30.3 Å². The van der Waals surface area contributed by atoms with Crippen LogP contribution in [0.4, 0.5) is 0 Å². The van der Waals surface area contributed by atoms with E-state index in [1.165, 1.54) is 24.0 Å². The largest absolute Gasteiger partial charge is 0.489 e. The Balaban J connectivity index is 1.63. The van der Waals surface area contributed by atoms with Crippen LogP contribution in [0.5, 0.6) is 5.75 Å². The molecule has 1 aliphatic heterocycles. The molecule has 1 saturated heterocycles. The molecule has 0 saturated carbocycles. The summed E-state index contributed by atoms with van der Waals surface area (Å²) in [6, 6.07) is 14.0. The number of hydrogen-bond donors (Lipinski definition) is 0. The topological polar surface area (TPSA) is 29.5 Å². The molecule has 126 valence electrons. The van der Waals surface area contributed by atoms with Gasteiger partial charge in [-0.2, -0.15) is 0 Å². The van der Waals surface area contributed by atoms with Crippen molar-refractivity contribution in [1.29, 1.82) is 0 Å². The summed E-state index contributed by atoms with van der Waals surface area (Å²) in [6.07, 6.45) is 2.41. The maximum atomic E-state index is 12.4. The van der Waals surface area contributed by atoms with Crippen LogP contribution in [0.2, 0.25) is 0 Å². The number of ketones is 1. The van der Waals surface area contributed by atoms with Gasteiger partial charge in [0.1, 0.15) is 12.4 Å². The van der Waals surface area contributed by atoms with Crippen LogP contribution in [0, 0.1) is 13.8 Å². The van der Waals surface area contributed by atoms with Gasteiger partial charge in [0.25, 0.3) is 0 Å². The normalized spacial score (nSPS) is 14.8. The summed E-state index contributed by atoms with van der Waals surface area (Å²) in [4.78, 5) is 14.6. The molecule has 1 aliphatic rings. The summed E-state index contributed by atoms with van der Waals surface area (Å²) in [7, 11) is 0. The number of ether oxygens (including phenoxy) is 1. The Hall–Kier alpha value is -2.13. The first-order valence-corrected chi connectivity index (χ1v) is 8.67. The second kappa shape index (κ2) is 7.63. The van der Waals surface area contributed by atoms with E-state index in [1.54, 1.807) is 0 Å². The molecular weight excluding hydrogens is 298 g/mol. The van der Waals surface area contributed by atoms with E-state index in [4.69, 9.17) is 4.74 Å². The van der Waals surface area contributed by atoms with Crippen molar-refractivity contribution in [3.05, 3.63) is 64.7 Å². The lowest BCUT2D eigenvalue weighted by Gasteiger charge is -2.15. The fourth-order valence-electron chi connectivity index (χ4n) is 3.15. The van der Waals surface area contributed by atoms with Gasteiger partial charge in [0.05, 0.1) is 6.54 Å². The van der Waals surface area contributed by atoms with Gasteiger partial charge in [0, 0.05) is 5.56 Å². The minimum Gasteiger partial charge on any atom is -0.489 e. The maximum absolute atomic E-state index is 12.4. The highest BCUT2D eigenvalue weighted by atomic mass is 16.5. The fourth-order valence-corrected chi connectivity index (χ4v) is 3.15. The summed E-state index contributed by atoms with van der Waals surface area (Å²) >= 11 is 0. The lowest BCUT2D eigenvalue weighted by molar-refractivity contribution is 0.0945. The molecule has 2 aromatic rings. The van der Waals surface area contributed by atoms with E-state index < -0.39 is 0 Å². The molecule has 0 radical (unpaired) electrons. The maximum Gasteiger partial charge on any atom is 0.176 e. The molecule has 0 amide bonds. The molecule has 0 aliphatic carbocycles. The van der Waals surface area contributed by atoms with Crippen molar-refractivity contribution in [2.24, 2.45) is 0 Å². The summed E-state index contributed by atoms with van der Waals surface area (Å²) in [6.45, 7) is 7.26. The van der Waals surface area contributed by atoms with Crippen LogP contribution in [0.1, 0.15) is 39.9 Å². The van der Waals surface area contributed by atoms with Crippen LogP contribution < -0.4 is 4.74 Å². The molecule has 3 rings (SSSR count). The third kappa shape index (κ3) is 4.04. The molecule has 0 atom stereocenters. The molecule has 0 spiro atoms. The second-order valence-corrected chi connectivity index (χ2v) is 6.60. The molecule has 1 fully saturated rings. The van der Waals surface area contributed by atoms with Crippen LogP contribution in [0.15, 0.2) is 42.5 Å². The van der Waals surface area contributed by atoms with Gasteiger partial charge < -0.3 is 4.74 Å². The highest BCUT2D eigenvalue weighted by Gasteiger charge is 2.17. The van der Waals surface area contributed by atoms with Crippen molar-refractivity contribution < 1.29 is 9.53 Å². The average Bonchev–Trinajstić information content (AvgIpc) is 3.08. The van der Waals surface area contributed by atoms with Gasteiger partial charge in [-0.05, 0) is 74.7 Å². The molecule has 1 heterocycles. The van der Waals surface area contributed by atoms with Crippen LogP contribution in [0.3, 0.4) is 0 Å². The molecule has 0 aromatic heterocycles. The van der Waals surface area contributed by atoms with Gasteiger partial charge in [-0.25, -0.2) is 0 Å². The third-order valence-electron chi connectivity index (χ3n) is 4.71. The zero-order valence-electron chi connectivity index (χ0n) is 14.5. The highest BCUT2D eigenvalue weighted by Crippen LogP contribution is 2.22. The summed E-state index contributed by atoms with van der Waals surface area (Å²) < 4.78 is 5.95. The minimum atomic E-state index is 0.199. The molecule has 24 heavy (non-hydrogen) atoms. The number of carbonyl (C=O) groups excluding carboxylic acids is 1. The highest BCUT2D eigenvalue weighted by molar-refractivity contribution is 5.98. The first-order valence-electron chi connectivity index (χ1n) is 8.67. The Bertz CT molecular complexity index is 718. The SMILES string of the molecule is Cc1ccccc1COc1ccc(C(=O)CN2CCCC2)cc1C.